The molecule has 108 valence electrons. The van der Waals surface area contributed by atoms with E-state index in [9.17, 15) is 14.9 Å². The molecular formula is C13H16N2O5. The zero-order valence-electron chi connectivity index (χ0n) is 11.1. The second kappa shape index (κ2) is 5.87. The number of anilines is 1. The van der Waals surface area contributed by atoms with Gasteiger partial charge in [0.05, 0.1) is 10.5 Å². The van der Waals surface area contributed by atoms with Crippen LogP contribution in [0.2, 0.25) is 0 Å². The molecule has 1 saturated heterocycles. The maximum atomic E-state index is 11.1. The molecule has 2 rings (SSSR count). The molecule has 0 radical (unpaired) electrons. The van der Waals surface area contributed by atoms with Crippen LogP contribution in [-0.2, 0) is 4.74 Å². The van der Waals surface area contributed by atoms with E-state index in [1.807, 2.05) is 0 Å². The Balaban J connectivity index is 2.37. The maximum Gasteiger partial charge on any atom is 0.335 e. The van der Waals surface area contributed by atoms with Gasteiger partial charge in [0.2, 0.25) is 0 Å². The Kier molecular flexibility index (Phi) is 4.19. The van der Waals surface area contributed by atoms with Gasteiger partial charge in [0, 0.05) is 32.4 Å². The van der Waals surface area contributed by atoms with Crippen LogP contribution in [-0.4, -0.2) is 42.3 Å². The number of hydrogen-bond acceptors (Lipinski definition) is 5. The predicted octanol–water partition coefficient (Wildman–Crippen LogP) is 1.91. The smallest absolute Gasteiger partial charge is 0.335 e. The van der Waals surface area contributed by atoms with Gasteiger partial charge in [-0.05, 0) is 25.0 Å². The first-order chi connectivity index (χ1) is 9.50. The van der Waals surface area contributed by atoms with E-state index in [0.717, 1.165) is 12.8 Å². The molecule has 0 bridgehead atoms. The summed E-state index contributed by atoms with van der Waals surface area (Å²) in [5.41, 5.74) is 0.301. The first-order valence-corrected chi connectivity index (χ1v) is 6.33. The van der Waals surface area contributed by atoms with Gasteiger partial charge in [-0.15, -0.1) is 0 Å². The van der Waals surface area contributed by atoms with Crippen LogP contribution in [0, 0.1) is 10.1 Å². The lowest BCUT2D eigenvalue weighted by Gasteiger charge is -2.32. The lowest BCUT2D eigenvalue weighted by molar-refractivity contribution is -0.384. The van der Waals surface area contributed by atoms with Crippen LogP contribution < -0.4 is 4.90 Å². The van der Waals surface area contributed by atoms with E-state index in [1.165, 1.54) is 18.2 Å². The summed E-state index contributed by atoms with van der Waals surface area (Å²) in [6, 6.07) is 3.97. The first kappa shape index (κ1) is 14.3. The van der Waals surface area contributed by atoms with E-state index >= 15 is 0 Å². The fraction of sp³-hybridized carbons (Fsp3) is 0.462. The van der Waals surface area contributed by atoms with E-state index in [4.69, 9.17) is 9.84 Å². The Morgan fingerprint density at radius 3 is 2.65 bits per heavy atom. The zero-order chi connectivity index (χ0) is 14.7. The van der Waals surface area contributed by atoms with Crippen molar-refractivity contribution >= 4 is 17.3 Å². The number of ether oxygens (including phenoxy) is 1. The third-order valence-electron chi connectivity index (χ3n) is 3.54. The van der Waals surface area contributed by atoms with Crippen molar-refractivity contribution in [1.29, 1.82) is 0 Å². The standard InChI is InChI=1S/C13H16N2O5/c1-14(10-4-6-20-7-5-10)12-8-9(13(16)17)2-3-11(12)15(18)19/h2-3,8,10H,4-7H2,1H3,(H,16,17). The summed E-state index contributed by atoms with van der Waals surface area (Å²) in [6.45, 7) is 1.23. The van der Waals surface area contributed by atoms with Crippen molar-refractivity contribution in [2.45, 2.75) is 18.9 Å². The van der Waals surface area contributed by atoms with Gasteiger partial charge in [-0.1, -0.05) is 0 Å². The Labute approximate surface area is 115 Å². The van der Waals surface area contributed by atoms with Crippen molar-refractivity contribution in [3.63, 3.8) is 0 Å². The second-order valence-electron chi connectivity index (χ2n) is 4.72. The van der Waals surface area contributed by atoms with Gasteiger partial charge < -0.3 is 14.7 Å². The topological polar surface area (TPSA) is 92.9 Å². The van der Waals surface area contributed by atoms with Gasteiger partial charge in [0.15, 0.2) is 0 Å². The van der Waals surface area contributed by atoms with Crippen molar-refractivity contribution in [1.82, 2.24) is 0 Å². The summed E-state index contributed by atoms with van der Waals surface area (Å²) in [7, 11) is 1.75. The summed E-state index contributed by atoms with van der Waals surface area (Å²) in [5.74, 6) is -1.10. The number of carboxylic acids is 1. The van der Waals surface area contributed by atoms with Crippen molar-refractivity contribution < 1.29 is 19.6 Å². The lowest BCUT2D eigenvalue weighted by atomic mass is 10.1. The third kappa shape index (κ3) is 2.88. The molecule has 1 heterocycles. The number of rotatable bonds is 4. The zero-order valence-corrected chi connectivity index (χ0v) is 11.1. The SMILES string of the molecule is CN(c1cc(C(=O)O)ccc1[N+](=O)[O-])C1CCOCC1. The summed E-state index contributed by atoms with van der Waals surface area (Å²) < 4.78 is 5.27. The molecule has 7 nitrogen and oxygen atoms in total. The Morgan fingerprint density at radius 1 is 1.45 bits per heavy atom. The van der Waals surface area contributed by atoms with Crippen LogP contribution in [0.4, 0.5) is 11.4 Å². The van der Waals surface area contributed by atoms with Crippen LogP contribution in [0.1, 0.15) is 23.2 Å². The summed E-state index contributed by atoms with van der Waals surface area (Å²) in [5, 5.41) is 20.1. The minimum atomic E-state index is -1.10. The van der Waals surface area contributed by atoms with Gasteiger partial charge in [0.25, 0.3) is 5.69 Å². The van der Waals surface area contributed by atoms with Gasteiger partial charge in [0.1, 0.15) is 5.69 Å². The molecule has 20 heavy (non-hydrogen) atoms. The van der Waals surface area contributed by atoms with E-state index in [2.05, 4.69) is 0 Å². The van der Waals surface area contributed by atoms with E-state index in [1.54, 1.807) is 11.9 Å². The van der Waals surface area contributed by atoms with Crippen LogP contribution in [0.15, 0.2) is 18.2 Å². The second-order valence-corrected chi connectivity index (χ2v) is 4.72. The highest BCUT2D eigenvalue weighted by Crippen LogP contribution is 2.31. The van der Waals surface area contributed by atoms with E-state index < -0.39 is 10.9 Å². The molecular weight excluding hydrogens is 264 g/mol. The molecule has 1 fully saturated rings. The fourth-order valence-corrected chi connectivity index (χ4v) is 2.36. The number of benzene rings is 1. The van der Waals surface area contributed by atoms with Crippen molar-refractivity contribution in [3.05, 3.63) is 33.9 Å². The van der Waals surface area contributed by atoms with E-state index in [-0.39, 0.29) is 17.3 Å². The molecule has 0 aromatic heterocycles. The first-order valence-electron chi connectivity index (χ1n) is 6.33. The molecule has 7 heteroatoms. The highest BCUT2D eigenvalue weighted by atomic mass is 16.6. The average Bonchev–Trinajstić information content (AvgIpc) is 2.46. The lowest BCUT2D eigenvalue weighted by Crippen LogP contribution is -2.37. The largest absolute Gasteiger partial charge is 0.478 e. The summed E-state index contributed by atoms with van der Waals surface area (Å²) >= 11 is 0. The third-order valence-corrected chi connectivity index (χ3v) is 3.54. The molecule has 0 aliphatic carbocycles. The Hall–Kier alpha value is -2.15. The summed E-state index contributed by atoms with van der Waals surface area (Å²) in [4.78, 5) is 23.4. The molecule has 0 amide bonds. The molecule has 1 aromatic rings. The highest BCUT2D eigenvalue weighted by Gasteiger charge is 2.25. The minimum Gasteiger partial charge on any atom is -0.478 e. The molecule has 0 atom stereocenters. The van der Waals surface area contributed by atoms with E-state index in [0.29, 0.717) is 18.9 Å². The minimum absolute atomic E-state index is 0.0458. The molecule has 0 spiro atoms. The van der Waals surface area contributed by atoms with Gasteiger partial charge in [-0.2, -0.15) is 0 Å². The van der Waals surface area contributed by atoms with Gasteiger partial charge in [-0.3, -0.25) is 10.1 Å². The normalized spacial score (nSPS) is 15.8. The fourth-order valence-electron chi connectivity index (χ4n) is 2.36. The number of carbonyl (C=O) groups is 1. The number of carboxylic acid groups (broad SMARTS) is 1. The van der Waals surface area contributed by atoms with Crippen molar-refractivity contribution in [2.75, 3.05) is 25.2 Å². The van der Waals surface area contributed by atoms with Crippen LogP contribution in [0.5, 0.6) is 0 Å². The number of nitro benzene ring substituents is 1. The number of aromatic carboxylic acids is 1. The monoisotopic (exact) mass is 280 g/mol. The number of hydrogen-bond donors (Lipinski definition) is 1. The van der Waals surface area contributed by atoms with Crippen molar-refractivity contribution in [2.24, 2.45) is 0 Å². The number of nitro groups is 1. The Morgan fingerprint density at radius 2 is 2.10 bits per heavy atom. The molecule has 0 saturated carbocycles. The van der Waals surface area contributed by atoms with Crippen molar-refractivity contribution in [3.8, 4) is 0 Å². The summed E-state index contributed by atoms with van der Waals surface area (Å²) in [6.07, 6.45) is 1.54. The Bertz CT molecular complexity index is 525. The van der Waals surface area contributed by atoms with Gasteiger partial charge >= 0.3 is 5.97 Å². The molecule has 1 aliphatic heterocycles. The molecule has 1 aliphatic rings. The van der Waals surface area contributed by atoms with Crippen LogP contribution >= 0.6 is 0 Å². The van der Waals surface area contributed by atoms with Crippen LogP contribution in [0.3, 0.4) is 0 Å². The van der Waals surface area contributed by atoms with Gasteiger partial charge in [-0.25, -0.2) is 4.79 Å². The maximum absolute atomic E-state index is 11.1. The highest BCUT2D eigenvalue weighted by molar-refractivity contribution is 5.90. The van der Waals surface area contributed by atoms with Crippen LogP contribution in [0.25, 0.3) is 0 Å². The molecule has 1 aromatic carbocycles. The molecule has 1 N–H and O–H groups in total. The predicted molar refractivity (Wildman–Crippen MR) is 72.3 cm³/mol. The quantitative estimate of drug-likeness (QED) is 0.669. The molecule has 0 unspecified atom stereocenters. The number of nitrogens with zero attached hydrogens (tertiary/aromatic N) is 2. The average molecular weight is 280 g/mol.